The molecule has 0 unspecified atom stereocenters. The molecule has 8 heteroatoms. The Bertz CT molecular complexity index is 628. The van der Waals surface area contributed by atoms with E-state index >= 15 is 0 Å². The molecule has 5 atom stereocenters. The molecule has 28 heavy (non-hydrogen) atoms. The van der Waals surface area contributed by atoms with Crippen molar-refractivity contribution in [3.8, 4) is 0 Å². The summed E-state index contributed by atoms with van der Waals surface area (Å²) in [5.74, 6) is -1.95. The highest BCUT2D eigenvalue weighted by Crippen LogP contribution is 2.40. The lowest BCUT2D eigenvalue weighted by Crippen LogP contribution is -2.72. The van der Waals surface area contributed by atoms with Crippen LogP contribution < -0.4 is 0 Å². The number of fused-ring (bicyclic) bond motifs is 1. The standard InChI is InChI=1S/C20H31NO7/c1-19(2,24-3)26-13-15-16(22)17(23)18-20(25-4,28-15)10-11-27-21(18)12-14-8-6-5-7-9-14/h5-9,15-18,22-23H,10-13H2,1-4H3/t15-,16-,17+,18+,20+/m1/s1. The van der Waals surface area contributed by atoms with Crippen molar-refractivity contribution in [3.05, 3.63) is 35.9 Å². The van der Waals surface area contributed by atoms with Crippen LogP contribution in [0.4, 0.5) is 0 Å². The molecule has 0 radical (unpaired) electrons. The topological polar surface area (TPSA) is 89.9 Å². The van der Waals surface area contributed by atoms with Gasteiger partial charge in [0.05, 0.1) is 13.2 Å². The zero-order valence-electron chi connectivity index (χ0n) is 16.9. The van der Waals surface area contributed by atoms with Crippen LogP contribution in [0.25, 0.3) is 0 Å². The van der Waals surface area contributed by atoms with Crippen LogP contribution in [0.5, 0.6) is 0 Å². The third-order valence-electron chi connectivity index (χ3n) is 5.49. The summed E-state index contributed by atoms with van der Waals surface area (Å²) in [7, 11) is 3.08. The maximum Gasteiger partial charge on any atom is 0.191 e. The van der Waals surface area contributed by atoms with Crippen LogP contribution in [0.3, 0.4) is 0 Å². The number of hydrogen-bond donors (Lipinski definition) is 2. The highest BCUT2D eigenvalue weighted by molar-refractivity contribution is 5.15. The number of aliphatic hydroxyl groups is 2. The molecule has 1 aromatic carbocycles. The Morgan fingerprint density at radius 1 is 1.18 bits per heavy atom. The zero-order valence-corrected chi connectivity index (χ0v) is 16.9. The summed E-state index contributed by atoms with van der Waals surface area (Å²) in [5, 5.41) is 23.3. The summed E-state index contributed by atoms with van der Waals surface area (Å²) in [5.41, 5.74) is 1.02. The molecule has 1 aromatic rings. The van der Waals surface area contributed by atoms with E-state index in [1.165, 1.54) is 0 Å². The van der Waals surface area contributed by atoms with Gasteiger partial charge in [-0.2, -0.15) is 5.06 Å². The molecular formula is C20H31NO7. The lowest BCUT2D eigenvalue weighted by atomic mass is 9.87. The highest BCUT2D eigenvalue weighted by Gasteiger charge is 2.59. The van der Waals surface area contributed by atoms with Crippen molar-refractivity contribution in [2.24, 2.45) is 0 Å². The van der Waals surface area contributed by atoms with Crippen LogP contribution in [0.15, 0.2) is 30.3 Å². The second kappa shape index (κ2) is 8.73. The maximum atomic E-state index is 11.0. The first-order valence-electron chi connectivity index (χ1n) is 9.53. The smallest absolute Gasteiger partial charge is 0.191 e. The van der Waals surface area contributed by atoms with Gasteiger partial charge in [-0.25, -0.2) is 0 Å². The quantitative estimate of drug-likeness (QED) is 0.660. The van der Waals surface area contributed by atoms with E-state index in [9.17, 15) is 10.2 Å². The predicted molar refractivity (Wildman–Crippen MR) is 100 cm³/mol. The Morgan fingerprint density at radius 3 is 2.54 bits per heavy atom. The van der Waals surface area contributed by atoms with E-state index in [2.05, 4.69) is 0 Å². The van der Waals surface area contributed by atoms with Crippen LogP contribution in [-0.2, 0) is 30.3 Å². The average Bonchev–Trinajstić information content (AvgIpc) is 2.70. The van der Waals surface area contributed by atoms with Gasteiger partial charge in [-0.15, -0.1) is 0 Å². The number of aliphatic hydroxyl groups excluding tert-OH is 2. The molecule has 2 fully saturated rings. The summed E-state index contributed by atoms with van der Waals surface area (Å²) >= 11 is 0. The van der Waals surface area contributed by atoms with Crippen molar-refractivity contribution in [1.29, 1.82) is 0 Å². The minimum Gasteiger partial charge on any atom is -0.388 e. The van der Waals surface area contributed by atoms with Crippen molar-refractivity contribution < 1.29 is 34.0 Å². The molecule has 2 N–H and O–H groups in total. The number of methoxy groups -OCH3 is 2. The first kappa shape index (κ1) is 21.6. The molecule has 0 amide bonds. The third-order valence-corrected chi connectivity index (χ3v) is 5.49. The van der Waals surface area contributed by atoms with Gasteiger partial charge in [0.1, 0.15) is 24.4 Å². The van der Waals surface area contributed by atoms with E-state index in [0.717, 1.165) is 5.56 Å². The summed E-state index contributed by atoms with van der Waals surface area (Å²) in [6.07, 6.45) is -2.65. The molecule has 2 aliphatic rings. The number of hydroxylamine groups is 2. The Hall–Kier alpha value is -1.10. The van der Waals surface area contributed by atoms with Crippen LogP contribution in [0, 0.1) is 0 Å². The van der Waals surface area contributed by atoms with Crippen molar-refractivity contribution in [2.45, 2.75) is 62.7 Å². The second-order valence-electron chi connectivity index (χ2n) is 7.66. The van der Waals surface area contributed by atoms with Gasteiger partial charge in [0.25, 0.3) is 0 Å². The van der Waals surface area contributed by atoms with Gasteiger partial charge in [-0.3, -0.25) is 4.84 Å². The van der Waals surface area contributed by atoms with E-state index in [-0.39, 0.29) is 6.61 Å². The molecule has 2 heterocycles. The van der Waals surface area contributed by atoms with Crippen LogP contribution in [0.1, 0.15) is 25.8 Å². The van der Waals surface area contributed by atoms with Crippen LogP contribution in [-0.4, -0.2) is 78.6 Å². The summed E-state index contributed by atoms with van der Waals surface area (Å²) in [4.78, 5) is 5.81. The van der Waals surface area contributed by atoms with Crippen molar-refractivity contribution in [1.82, 2.24) is 5.06 Å². The monoisotopic (exact) mass is 397 g/mol. The van der Waals surface area contributed by atoms with Gasteiger partial charge < -0.3 is 29.2 Å². The van der Waals surface area contributed by atoms with Crippen LogP contribution >= 0.6 is 0 Å². The van der Waals surface area contributed by atoms with Gasteiger partial charge in [-0.05, 0) is 19.4 Å². The molecule has 3 rings (SSSR count). The number of benzene rings is 1. The first-order valence-corrected chi connectivity index (χ1v) is 9.53. The number of rotatable bonds is 7. The lowest BCUT2D eigenvalue weighted by molar-refractivity contribution is -0.413. The Balaban J connectivity index is 1.79. The molecule has 158 valence electrons. The van der Waals surface area contributed by atoms with E-state index in [4.69, 9.17) is 23.8 Å². The van der Waals surface area contributed by atoms with Gasteiger partial charge in [0.15, 0.2) is 11.6 Å². The van der Waals surface area contributed by atoms with Crippen molar-refractivity contribution in [3.63, 3.8) is 0 Å². The molecule has 2 aliphatic heterocycles. The van der Waals surface area contributed by atoms with Crippen molar-refractivity contribution in [2.75, 3.05) is 27.4 Å². The number of ether oxygens (including phenoxy) is 4. The average molecular weight is 397 g/mol. The summed E-state index contributed by atoms with van der Waals surface area (Å²) in [6.45, 7) is 4.39. The molecule has 0 aromatic heterocycles. The predicted octanol–water partition coefficient (Wildman–Crippen LogP) is 1.05. The van der Waals surface area contributed by atoms with E-state index in [0.29, 0.717) is 19.6 Å². The fourth-order valence-electron chi connectivity index (χ4n) is 3.70. The molecule has 0 bridgehead atoms. The van der Waals surface area contributed by atoms with E-state index in [1.807, 2.05) is 30.3 Å². The van der Waals surface area contributed by atoms with Crippen LogP contribution in [0.2, 0.25) is 0 Å². The fourth-order valence-corrected chi connectivity index (χ4v) is 3.70. The van der Waals surface area contributed by atoms with Crippen molar-refractivity contribution >= 4 is 0 Å². The fraction of sp³-hybridized carbons (Fsp3) is 0.700. The summed E-state index contributed by atoms with van der Waals surface area (Å²) in [6, 6.07) is 9.08. The lowest BCUT2D eigenvalue weighted by Gasteiger charge is -2.55. The Morgan fingerprint density at radius 2 is 1.89 bits per heavy atom. The SMILES string of the molecule is COC(C)(C)OC[C@H]1O[C@@]2(OC)CCON(Cc3ccccc3)[C@H]2[C@@H](O)[C@@H]1O. The Labute approximate surface area is 165 Å². The normalized spacial score (nSPS) is 34.2. The third kappa shape index (κ3) is 4.39. The number of hydrogen-bond acceptors (Lipinski definition) is 8. The van der Waals surface area contributed by atoms with Gasteiger partial charge in [0.2, 0.25) is 0 Å². The maximum absolute atomic E-state index is 11.0. The molecule has 2 saturated heterocycles. The molecule has 0 saturated carbocycles. The molecule has 8 nitrogen and oxygen atoms in total. The van der Waals surface area contributed by atoms with E-state index < -0.39 is 35.9 Å². The van der Waals surface area contributed by atoms with E-state index in [1.54, 1.807) is 33.1 Å². The Kier molecular flexibility index (Phi) is 6.73. The molecule has 0 aliphatic carbocycles. The molecular weight excluding hydrogens is 366 g/mol. The van der Waals surface area contributed by atoms with Gasteiger partial charge in [-0.1, -0.05) is 30.3 Å². The molecule has 0 spiro atoms. The highest BCUT2D eigenvalue weighted by atomic mass is 16.8. The first-order chi connectivity index (χ1) is 13.3. The summed E-state index contributed by atoms with van der Waals surface area (Å²) < 4.78 is 22.9. The second-order valence-corrected chi connectivity index (χ2v) is 7.66. The zero-order chi connectivity index (χ0) is 20.4. The minimum absolute atomic E-state index is 0.0520. The minimum atomic E-state index is -1.17. The van der Waals surface area contributed by atoms with Gasteiger partial charge >= 0.3 is 0 Å². The van der Waals surface area contributed by atoms with Gasteiger partial charge in [0, 0.05) is 27.2 Å². The number of nitrogens with zero attached hydrogens (tertiary/aromatic N) is 1. The largest absolute Gasteiger partial charge is 0.388 e.